The molecule has 0 fully saturated rings. The first-order valence-electron chi connectivity index (χ1n) is 12.8. The van der Waals surface area contributed by atoms with Crippen LogP contribution in [-0.2, 0) is 6.42 Å². The minimum Gasteiger partial charge on any atom is -0.437 e. The Bertz CT molecular complexity index is 1700. The van der Waals surface area contributed by atoms with Gasteiger partial charge in [0.05, 0.1) is 5.39 Å². The van der Waals surface area contributed by atoms with E-state index in [1.807, 2.05) is 103 Å². The van der Waals surface area contributed by atoms with Crippen LogP contribution < -0.4 is 10.6 Å². The molecule has 0 saturated heterocycles. The molecular weight excluding hydrogens is 484 g/mol. The van der Waals surface area contributed by atoms with E-state index in [9.17, 15) is 4.79 Å². The number of furan rings is 1. The molecule has 0 aliphatic carbocycles. The summed E-state index contributed by atoms with van der Waals surface area (Å²) in [6.07, 6.45) is 2.29. The molecule has 2 aromatic heterocycles. The molecule has 2 heterocycles. The van der Waals surface area contributed by atoms with Gasteiger partial charge >= 0.3 is 0 Å². The van der Waals surface area contributed by atoms with Crippen LogP contribution >= 0.6 is 0 Å². The highest BCUT2D eigenvalue weighted by molar-refractivity contribution is 6.06. The zero-order valence-electron chi connectivity index (χ0n) is 21.2. The second-order valence-electron chi connectivity index (χ2n) is 9.13. The van der Waals surface area contributed by atoms with E-state index >= 15 is 0 Å². The molecule has 0 spiro atoms. The molecule has 0 atom stereocenters. The molecule has 6 nitrogen and oxygen atoms in total. The van der Waals surface area contributed by atoms with Crippen molar-refractivity contribution in [2.45, 2.75) is 6.42 Å². The summed E-state index contributed by atoms with van der Waals surface area (Å²) < 4.78 is 6.29. The number of anilines is 2. The van der Waals surface area contributed by atoms with E-state index in [1.165, 1.54) is 6.33 Å². The molecule has 190 valence electrons. The van der Waals surface area contributed by atoms with Crippen molar-refractivity contribution < 1.29 is 9.21 Å². The van der Waals surface area contributed by atoms with Gasteiger partial charge in [-0.05, 0) is 41.8 Å². The van der Waals surface area contributed by atoms with Crippen LogP contribution in [0.4, 0.5) is 11.5 Å². The third kappa shape index (κ3) is 5.26. The number of fused-ring (bicyclic) bond motifs is 1. The minimum atomic E-state index is -0.128. The van der Waals surface area contributed by atoms with E-state index in [1.54, 1.807) is 0 Å². The van der Waals surface area contributed by atoms with Gasteiger partial charge in [-0.15, -0.1) is 0 Å². The van der Waals surface area contributed by atoms with E-state index in [0.717, 1.165) is 51.3 Å². The molecule has 4 aromatic carbocycles. The summed E-state index contributed by atoms with van der Waals surface area (Å²) in [5.74, 6) is 1.37. The van der Waals surface area contributed by atoms with Crippen LogP contribution in [0.1, 0.15) is 15.9 Å². The molecule has 6 heteroatoms. The SMILES string of the molecule is O=C(Nc1ccccc1)c1ccc(CCNc2ncnc3oc(-c4ccccc4)c(-c4ccccc4)c23)cc1. The van der Waals surface area contributed by atoms with E-state index in [0.29, 0.717) is 17.8 Å². The monoisotopic (exact) mass is 510 g/mol. The number of amides is 1. The number of nitrogens with zero attached hydrogens (tertiary/aromatic N) is 2. The van der Waals surface area contributed by atoms with Crippen molar-refractivity contribution in [3.63, 3.8) is 0 Å². The maximum absolute atomic E-state index is 12.6. The van der Waals surface area contributed by atoms with Gasteiger partial charge in [0.25, 0.3) is 5.91 Å². The molecule has 0 radical (unpaired) electrons. The summed E-state index contributed by atoms with van der Waals surface area (Å²) in [5, 5.41) is 7.27. The molecule has 0 aliphatic rings. The normalized spacial score (nSPS) is 10.9. The maximum Gasteiger partial charge on any atom is 0.255 e. The Balaban J connectivity index is 1.22. The fourth-order valence-corrected chi connectivity index (χ4v) is 4.61. The summed E-state index contributed by atoms with van der Waals surface area (Å²) in [6.45, 7) is 0.655. The third-order valence-corrected chi connectivity index (χ3v) is 6.54. The molecule has 6 aromatic rings. The van der Waals surface area contributed by atoms with Gasteiger partial charge in [-0.1, -0.05) is 91.0 Å². The fraction of sp³-hybridized carbons (Fsp3) is 0.0606. The highest BCUT2D eigenvalue weighted by atomic mass is 16.3. The summed E-state index contributed by atoms with van der Waals surface area (Å²) in [4.78, 5) is 21.6. The van der Waals surface area contributed by atoms with Gasteiger partial charge in [0.2, 0.25) is 5.71 Å². The first-order chi connectivity index (χ1) is 19.3. The highest BCUT2D eigenvalue weighted by Crippen LogP contribution is 2.42. The number of rotatable bonds is 8. The van der Waals surface area contributed by atoms with Crippen molar-refractivity contribution in [2.24, 2.45) is 0 Å². The summed E-state index contributed by atoms with van der Waals surface area (Å²) in [5.41, 5.74) is 6.04. The van der Waals surface area contributed by atoms with Crippen molar-refractivity contribution in [2.75, 3.05) is 17.2 Å². The zero-order valence-corrected chi connectivity index (χ0v) is 21.2. The number of carbonyl (C=O) groups is 1. The van der Waals surface area contributed by atoms with E-state index < -0.39 is 0 Å². The van der Waals surface area contributed by atoms with Gasteiger partial charge in [0, 0.05) is 28.9 Å². The van der Waals surface area contributed by atoms with E-state index in [2.05, 4.69) is 32.7 Å². The predicted octanol–water partition coefficient (Wildman–Crippen LogP) is 7.46. The quantitative estimate of drug-likeness (QED) is 0.222. The van der Waals surface area contributed by atoms with Gasteiger partial charge in [-0.2, -0.15) is 0 Å². The topological polar surface area (TPSA) is 80.0 Å². The predicted molar refractivity (Wildman–Crippen MR) is 156 cm³/mol. The number of hydrogen-bond acceptors (Lipinski definition) is 5. The Morgan fingerprint density at radius 1 is 0.718 bits per heavy atom. The summed E-state index contributed by atoms with van der Waals surface area (Å²) >= 11 is 0. The second-order valence-corrected chi connectivity index (χ2v) is 9.13. The van der Waals surface area contributed by atoms with Gasteiger partial charge in [-0.25, -0.2) is 9.97 Å². The average molecular weight is 511 g/mol. The number of para-hydroxylation sites is 1. The van der Waals surface area contributed by atoms with Crippen LogP contribution in [0, 0.1) is 0 Å². The summed E-state index contributed by atoms with van der Waals surface area (Å²) in [6, 6.07) is 37.4. The van der Waals surface area contributed by atoms with Crippen LogP contribution in [0.5, 0.6) is 0 Å². The summed E-state index contributed by atoms with van der Waals surface area (Å²) in [7, 11) is 0. The lowest BCUT2D eigenvalue weighted by atomic mass is 9.99. The average Bonchev–Trinajstić information content (AvgIpc) is 3.40. The lowest BCUT2D eigenvalue weighted by molar-refractivity contribution is 0.102. The Morgan fingerprint density at radius 3 is 2.05 bits per heavy atom. The first kappa shape index (κ1) is 24.1. The Hall–Kier alpha value is -5.23. The van der Waals surface area contributed by atoms with Crippen LogP contribution in [0.15, 0.2) is 126 Å². The smallest absolute Gasteiger partial charge is 0.255 e. The van der Waals surface area contributed by atoms with Crippen LogP contribution in [-0.4, -0.2) is 22.4 Å². The van der Waals surface area contributed by atoms with Gasteiger partial charge in [-0.3, -0.25) is 4.79 Å². The second kappa shape index (κ2) is 11.0. The van der Waals surface area contributed by atoms with Crippen molar-refractivity contribution in [3.8, 4) is 22.5 Å². The Kier molecular flexibility index (Phi) is 6.82. The maximum atomic E-state index is 12.6. The molecule has 39 heavy (non-hydrogen) atoms. The molecule has 2 N–H and O–H groups in total. The highest BCUT2D eigenvalue weighted by Gasteiger charge is 2.21. The van der Waals surface area contributed by atoms with Crippen molar-refractivity contribution in [3.05, 3.63) is 133 Å². The molecule has 6 rings (SSSR count). The first-order valence-corrected chi connectivity index (χ1v) is 12.8. The Morgan fingerprint density at radius 2 is 1.36 bits per heavy atom. The lowest BCUT2D eigenvalue weighted by Gasteiger charge is -2.09. The lowest BCUT2D eigenvalue weighted by Crippen LogP contribution is -2.12. The van der Waals surface area contributed by atoms with E-state index in [4.69, 9.17) is 4.42 Å². The van der Waals surface area contributed by atoms with Crippen molar-refractivity contribution in [1.29, 1.82) is 0 Å². The van der Waals surface area contributed by atoms with Gasteiger partial charge in [0.1, 0.15) is 17.9 Å². The largest absolute Gasteiger partial charge is 0.437 e. The number of nitrogens with one attached hydrogen (secondary N) is 2. The number of hydrogen-bond donors (Lipinski definition) is 2. The zero-order chi connectivity index (χ0) is 26.4. The van der Waals surface area contributed by atoms with Gasteiger partial charge in [0.15, 0.2) is 0 Å². The number of benzene rings is 4. The van der Waals surface area contributed by atoms with Crippen molar-refractivity contribution in [1.82, 2.24) is 9.97 Å². The molecule has 1 amide bonds. The molecule has 0 aliphatic heterocycles. The van der Waals surface area contributed by atoms with Crippen LogP contribution in [0.3, 0.4) is 0 Å². The van der Waals surface area contributed by atoms with E-state index in [-0.39, 0.29) is 5.91 Å². The van der Waals surface area contributed by atoms with Crippen LogP contribution in [0.25, 0.3) is 33.6 Å². The molecule has 0 unspecified atom stereocenters. The fourth-order valence-electron chi connectivity index (χ4n) is 4.61. The van der Waals surface area contributed by atoms with Crippen LogP contribution in [0.2, 0.25) is 0 Å². The van der Waals surface area contributed by atoms with Gasteiger partial charge < -0.3 is 15.1 Å². The molecule has 0 saturated carbocycles. The minimum absolute atomic E-state index is 0.128. The molecule has 0 bridgehead atoms. The Labute approximate surface area is 226 Å². The van der Waals surface area contributed by atoms with Crippen molar-refractivity contribution >= 4 is 28.5 Å². The standard InChI is InChI=1S/C33H26N4O2/c38-32(37-27-14-8-3-9-15-27)26-18-16-23(17-19-26)20-21-34-31-29-28(24-10-4-1-5-11-24)30(25-12-6-2-7-13-25)39-33(29)36-22-35-31/h1-19,22H,20-21H2,(H,37,38)(H,34,35,36). The molecular formula is C33H26N4O2. The number of aromatic nitrogens is 2. The number of carbonyl (C=O) groups excluding carboxylic acids is 1. The third-order valence-electron chi connectivity index (χ3n) is 6.54.